The van der Waals surface area contributed by atoms with Gasteiger partial charge in [-0.2, -0.15) is 0 Å². The number of nitrogens with zero attached hydrogens (tertiary/aromatic N) is 1. The summed E-state index contributed by atoms with van der Waals surface area (Å²) in [5.74, 6) is -0.526. The number of ether oxygens (including phenoxy) is 3. The molecule has 0 unspecified atom stereocenters. The van der Waals surface area contributed by atoms with Gasteiger partial charge in [-0.05, 0) is 49.6 Å². The summed E-state index contributed by atoms with van der Waals surface area (Å²) < 4.78 is 28.9. The summed E-state index contributed by atoms with van der Waals surface area (Å²) >= 11 is 0. The molecule has 7 nitrogen and oxygen atoms in total. The van der Waals surface area contributed by atoms with Crippen LogP contribution in [-0.4, -0.2) is 62.4 Å². The molecule has 2 aromatic rings. The number of benzene rings is 2. The average molecular weight is 433 g/mol. The lowest BCUT2D eigenvalue weighted by Gasteiger charge is -2.23. The fourth-order valence-corrected chi connectivity index (χ4v) is 3.17. The molecule has 31 heavy (non-hydrogen) atoms. The monoisotopic (exact) mass is 433 g/mol. The SMILES string of the molecule is COc1cc(C(=O)N(CCCc2ccc(F)cc2)CCOCC(=O)O)cc(OC)c1C. The van der Waals surface area contributed by atoms with E-state index in [0.717, 1.165) is 11.1 Å². The first kappa shape index (κ1) is 24.1. The number of carboxylic acid groups (broad SMARTS) is 1. The molecule has 0 aliphatic carbocycles. The van der Waals surface area contributed by atoms with E-state index in [1.54, 1.807) is 29.2 Å². The van der Waals surface area contributed by atoms with Crippen LogP contribution in [0.5, 0.6) is 11.5 Å². The Labute approximate surface area is 181 Å². The van der Waals surface area contributed by atoms with Gasteiger partial charge in [0.2, 0.25) is 0 Å². The van der Waals surface area contributed by atoms with E-state index in [9.17, 15) is 14.0 Å². The van der Waals surface area contributed by atoms with Crippen LogP contribution in [0.3, 0.4) is 0 Å². The van der Waals surface area contributed by atoms with Crippen molar-refractivity contribution < 1.29 is 33.3 Å². The number of aryl methyl sites for hydroxylation is 1. The van der Waals surface area contributed by atoms with Crippen molar-refractivity contribution in [3.05, 3.63) is 58.9 Å². The Morgan fingerprint density at radius 2 is 1.65 bits per heavy atom. The third-order valence-electron chi connectivity index (χ3n) is 4.82. The number of carbonyl (C=O) groups is 2. The predicted octanol–water partition coefficient (Wildman–Crippen LogP) is 3.33. The van der Waals surface area contributed by atoms with E-state index in [0.29, 0.717) is 36.4 Å². The van der Waals surface area contributed by atoms with Crippen LogP contribution in [0.15, 0.2) is 36.4 Å². The number of amides is 1. The Bertz CT molecular complexity index is 859. The molecular formula is C23H28FNO6. The minimum atomic E-state index is -1.07. The smallest absolute Gasteiger partial charge is 0.329 e. The van der Waals surface area contributed by atoms with E-state index >= 15 is 0 Å². The fourth-order valence-electron chi connectivity index (χ4n) is 3.17. The van der Waals surface area contributed by atoms with Crippen molar-refractivity contribution in [3.63, 3.8) is 0 Å². The fraction of sp³-hybridized carbons (Fsp3) is 0.391. The van der Waals surface area contributed by atoms with Crippen LogP contribution in [0.2, 0.25) is 0 Å². The second-order valence-electron chi connectivity index (χ2n) is 6.97. The van der Waals surface area contributed by atoms with Gasteiger partial charge < -0.3 is 24.2 Å². The van der Waals surface area contributed by atoms with Crippen molar-refractivity contribution >= 4 is 11.9 Å². The summed E-state index contributed by atoms with van der Waals surface area (Å²) in [6.45, 7) is 2.16. The van der Waals surface area contributed by atoms with Gasteiger partial charge in [-0.25, -0.2) is 9.18 Å². The quantitative estimate of drug-likeness (QED) is 0.517. The third-order valence-corrected chi connectivity index (χ3v) is 4.82. The van der Waals surface area contributed by atoms with Gasteiger partial charge in [0.15, 0.2) is 0 Å². The summed E-state index contributed by atoms with van der Waals surface area (Å²) in [5.41, 5.74) is 2.16. The van der Waals surface area contributed by atoms with Crippen molar-refractivity contribution in [2.24, 2.45) is 0 Å². The van der Waals surface area contributed by atoms with Crippen molar-refractivity contribution in [2.45, 2.75) is 19.8 Å². The zero-order valence-corrected chi connectivity index (χ0v) is 18.0. The molecule has 0 heterocycles. The minimum Gasteiger partial charge on any atom is -0.496 e. The summed E-state index contributed by atoms with van der Waals surface area (Å²) in [7, 11) is 3.05. The van der Waals surface area contributed by atoms with Gasteiger partial charge in [-0.3, -0.25) is 4.79 Å². The molecule has 2 rings (SSSR count). The number of hydrogen-bond donors (Lipinski definition) is 1. The zero-order valence-electron chi connectivity index (χ0n) is 18.0. The topological polar surface area (TPSA) is 85.3 Å². The van der Waals surface area contributed by atoms with Crippen LogP contribution < -0.4 is 9.47 Å². The van der Waals surface area contributed by atoms with Gasteiger partial charge in [-0.1, -0.05) is 12.1 Å². The lowest BCUT2D eigenvalue weighted by molar-refractivity contribution is -0.142. The van der Waals surface area contributed by atoms with Gasteiger partial charge in [0.1, 0.15) is 23.9 Å². The third kappa shape index (κ3) is 7.25. The Balaban J connectivity index is 2.12. The normalized spacial score (nSPS) is 10.6. The van der Waals surface area contributed by atoms with Crippen molar-refractivity contribution in [3.8, 4) is 11.5 Å². The molecule has 0 atom stereocenters. The number of halogens is 1. The maximum Gasteiger partial charge on any atom is 0.329 e. The second-order valence-corrected chi connectivity index (χ2v) is 6.97. The highest BCUT2D eigenvalue weighted by atomic mass is 19.1. The Hall–Kier alpha value is -3.13. The van der Waals surface area contributed by atoms with Gasteiger partial charge in [0, 0.05) is 24.2 Å². The van der Waals surface area contributed by atoms with Crippen LogP contribution >= 0.6 is 0 Å². The van der Waals surface area contributed by atoms with E-state index in [1.165, 1.54) is 26.4 Å². The maximum absolute atomic E-state index is 13.2. The van der Waals surface area contributed by atoms with Crippen LogP contribution in [0, 0.1) is 12.7 Å². The molecule has 0 saturated heterocycles. The second kappa shape index (κ2) is 11.9. The van der Waals surface area contributed by atoms with E-state index < -0.39 is 12.6 Å². The molecule has 0 radical (unpaired) electrons. The number of aliphatic carboxylic acids is 1. The van der Waals surface area contributed by atoms with Crippen LogP contribution in [0.4, 0.5) is 4.39 Å². The molecule has 1 amide bonds. The minimum absolute atomic E-state index is 0.0920. The highest BCUT2D eigenvalue weighted by molar-refractivity contribution is 5.95. The molecule has 0 aliphatic heterocycles. The number of carbonyl (C=O) groups excluding carboxylic acids is 1. The Kier molecular flexibility index (Phi) is 9.27. The lowest BCUT2D eigenvalue weighted by Crippen LogP contribution is -2.35. The maximum atomic E-state index is 13.2. The highest BCUT2D eigenvalue weighted by Gasteiger charge is 2.19. The molecule has 2 aromatic carbocycles. The van der Waals surface area contributed by atoms with Crippen molar-refractivity contribution in [1.82, 2.24) is 4.90 Å². The first-order valence-corrected chi connectivity index (χ1v) is 9.91. The Morgan fingerprint density at radius 3 is 2.19 bits per heavy atom. The van der Waals surface area contributed by atoms with Crippen LogP contribution in [-0.2, 0) is 16.0 Å². The Morgan fingerprint density at radius 1 is 1.03 bits per heavy atom. The van der Waals surface area contributed by atoms with Crippen LogP contribution in [0.25, 0.3) is 0 Å². The van der Waals surface area contributed by atoms with Gasteiger partial charge in [0.05, 0.1) is 20.8 Å². The van der Waals surface area contributed by atoms with Gasteiger partial charge in [0.25, 0.3) is 5.91 Å². The summed E-state index contributed by atoms with van der Waals surface area (Å²) in [4.78, 5) is 25.5. The molecule has 1 N–H and O–H groups in total. The number of methoxy groups -OCH3 is 2. The standard InChI is InChI=1S/C23H28FNO6/c1-16-20(29-2)13-18(14-21(16)30-3)23(28)25(11-12-31-15-22(26)27)10-4-5-17-6-8-19(24)9-7-17/h6-9,13-14H,4-5,10-12,15H2,1-3H3,(H,26,27). The summed E-state index contributed by atoms with van der Waals surface area (Å²) in [6.07, 6.45) is 1.32. The molecule has 0 aliphatic rings. The number of rotatable bonds is 12. The van der Waals surface area contributed by atoms with Crippen LogP contribution in [0.1, 0.15) is 27.9 Å². The molecule has 0 spiro atoms. The van der Waals surface area contributed by atoms with Crippen molar-refractivity contribution in [1.29, 1.82) is 0 Å². The molecule has 0 saturated carbocycles. The molecular weight excluding hydrogens is 405 g/mol. The largest absolute Gasteiger partial charge is 0.496 e. The average Bonchev–Trinajstić information content (AvgIpc) is 2.76. The van der Waals surface area contributed by atoms with E-state index in [1.807, 2.05) is 6.92 Å². The number of hydrogen-bond acceptors (Lipinski definition) is 5. The van der Waals surface area contributed by atoms with Crippen molar-refractivity contribution in [2.75, 3.05) is 40.5 Å². The van der Waals surface area contributed by atoms with Gasteiger partial charge >= 0.3 is 5.97 Å². The molecule has 0 fully saturated rings. The summed E-state index contributed by atoms with van der Waals surface area (Å²) in [5, 5.41) is 8.73. The molecule has 0 bridgehead atoms. The molecule has 0 aromatic heterocycles. The first-order chi connectivity index (χ1) is 14.8. The zero-order chi connectivity index (χ0) is 22.8. The van der Waals surface area contributed by atoms with E-state index in [4.69, 9.17) is 19.3 Å². The van der Waals surface area contributed by atoms with Gasteiger partial charge in [-0.15, -0.1) is 0 Å². The van der Waals surface area contributed by atoms with E-state index in [-0.39, 0.29) is 24.9 Å². The number of carboxylic acids is 1. The molecule has 8 heteroatoms. The highest BCUT2D eigenvalue weighted by Crippen LogP contribution is 2.30. The van der Waals surface area contributed by atoms with E-state index in [2.05, 4.69) is 0 Å². The predicted molar refractivity (Wildman–Crippen MR) is 113 cm³/mol. The summed E-state index contributed by atoms with van der Waals surface area (Å²) in [6, 6.07) is 9.56. The lowest BCUT2D eigenvalue weighted by atomic mass is 10.1. The molecule has 168 valence electrons. The first-order valence-electron chi connectivity index (χ1n) is 9.91.